The molecule has 1 saturated heterocycles. The molecule has 1 unspecified atom stereocenters. The van der Waals surface area contributed by atoms with Gasteiger partial charge in [-0.25, -0.2) is 9.97 Å². The van der Waals surface area contributed by atoms with Gasteiger partial charge in [-0.1, -0.05) is 13.8 Å². The van der Waals surface area contributed by atoms with E-state index in [4.69, 9.17) is 5.73 Å². The van der Waals surface area contributed by atoms with Crippen LogP contribution in [0.2, 0.25) is 0 Å². The summed E-state index contributed by atoms with van der Waals surface area (Å²) >= 11 is 1.58. The third-order valence-corrected chi connectivity index (χ3v) is 5.78. The number of carbonyl (C=O) groups is 2. The second-order valence-electron chi connectivity index (χ2n) is 7.15. The lowest BCUT2D eigenvalue weighted by molar-refractivity contribution is -0.122. The molecule has 3 rings (SSSR count). The normalized spacial score (nSPS) is 17.1. The Bertz CT molecular complexity index is 803. The third-order valence-electron chi connectivity index (χ3n) is 4.58. The SMILES string of the molecule is CC(C)c1nc(CC(=O)Nc2ccc(N3CCCC(C(N)=O)C3)nc2)cs1. The molecule has 1 aliphatic rings. The molecule has 7 nitrogen and oxygen atoms in total. The minimum Gasteiger partial charge on any atom is -0.369 e. The molecule has 2 aromatic heterocycles. The molecule has 3 heterocycles. The lowest BCUT2D eigenvalue weighted by atomic mass is 9.97. The smallest absolute Gasteiger partial charge is 0.230 e. The van der Waals surface area contributed by atoms with Crippen molar-refractivity contribution in [2.45, 2.75) is 39.0 Å². The van der Waals surface area contributed by atoms with Crippen LogP contribution in [-0.2, 0) is 16.0 Å². The summed E-state index contributed by atoms with van der Waals surface area (Å²) < 4.78 is 0. The average molecular weight is 388 g/mol. The van der Waals surface area contributed by atoms with Crippen LogP contribution in [-0.4, -0.2) is 34.9 Å². The van der Waals surface area contributed by atoms with Gasteiger partial charge in [0.25, 0.3) is 0 Å². The standard InChI is InChI=1S/C19H25N5O2S/c1-12(2)19-23-15(11-27-19)8-17(25)22-14-5-6-16(21-9-14)24-7-3-4-13(10-24)18(20)26/h5-6,9,11-13H,3-4,7-8,10H2,1-2H3,(H2,20,26)(H,22,25). The van der Waals surface area contributed by atoms with Gasteiger partial charge in [-0.15, -0.1) is 11.3 Å². The topological polar surface area (TPSA) is 101 Å². The lowest BCUT2D eigenvalue weighted by Gasteiger charge is -2.32. The first-order chi connectivity index (χ1) is 12.9. The van der Waals surface area contributed by atoms with Gasteiger partial charge >= 0.3 is 0 Å². The van der Waals surface area contributed by atoms with Crippen molar-refractivity contribution in [2.75, 3.05) is 23.3 Å². The van der Waals surface area contributed by atoms with E-state index >= 15 is 0 Å². The number of hydrogen-bond acceptors (Lipinski definition) is 6. The number of anilines is 2. The number of hydrogen-bond donors (Lipinski definition) is 2. The van der Waals surface area contributed by atoms with Crippen molar-refractivity contribution in [2.24, 2.45) is 11.7 Å². The van der Waals surface area contributed by atoms with E-state index in [1.165, 1.54) is 0 Å². The van der Waals surface area contributed by atoms with Crippen LogP contribution in [0.25, 0.3) is 0 Å². The van der Waals surface area contributed by atoms with Crippen molar-refractivity contribution in [3.8, 4) is 0 Å². The highest BCUT2D eigenvalue weighted by atomic mass is 32.1. The lowest BCUT2D eigenvalue weighted by Crippen LogP contribution is -2.41. The zero-order chi connectivity index (χ0) is 19.4. The van der Waals surface area contributed by atoms with E-state index in [0.29, 0.717) is 18.2 Å². The van der Waals surface area contributed by atoms with Gasteiger partial charge < -0.3 is 16.0 Å². The Labute approximate surface area is 163 Å². The van der Waals surface area contributed by atoms with Crippen LogP contribution in [0.3, 0.4) is 0 Å². The molecular formula is C19H25N5O2S. The maximum atomic E-state index is 12.2. The van der Waals surface area contributed by atoms with E-state index < -0.39 is 0 Å². The molecule has 0 radical (unpaired) electrons. The molecule has 1 fully saturated rings. The number of carbonyl (C=O) groups excluding carboxylic acids is 2. The van der Waals surface area contributed by atoms with Gasteiger partial charge in [-0.05, 0) is 25.0 Å². The minimum absolute atomic E-state index is 0.114. The number of rotatable bonds is 6. The summed E-state index contributed by atoms with van der Waals surface area (Å²) in [6, 6.07) is 3.69. The van der Waals surface area contributed by atoms with E-state index in [1.54, 1.807) is 17.5 Å². The number of amides is 2. The predicted molar refractivity (Wildman–Crippen MR) is 107 cm³/mol. The number of nitrogens with zero attached hydrogens (tertiary/aromatic N) is 3. The summed E-state index contributed by atoms with van der Waals surface area (Å²) in [7, 11) is 0. The second kappa shape index (κ2) is 8.47. The number of nitrogens with one attached hydrogen (secondary N) is 1. The molecule has 144 valence electrons. The highest BCUT2D eigenvalue weighted by Gasteiger charge is 2.24. The summed E-state index contributed by atoms with van der Waals surface area (Å²) in [5, 5.41) is 5.83. The van der Waals surface area contributed by atoms with Crippen LogP contribution >= 0.6 is 11.3 Å². The Hall–Kier alpha value is -2.48. The Morgan fingerprint density at radius 1 is 1.41 bits per heavy atom. The van der Waals surface area contributed by atoms with Crippen LogP contribution in [0, 0.1) is 5.92 Å². The molecule has 0 spiro atoms. The summed E-state index contributed by atoms with van der Waals surface area (Å²) in [5.74, 6) is 0.657. The van der Waals surface area contributed by atoms with Gasteiger partial charge in [0.05, 0.1) is 34.9 Å². The summed E-state index contributed by atoms with van der Waals surface area (Å²) in [6.45, 7) is 5.62. The fraction of sp³-hybridized carbons (Fsp3) is 0.474. The van der Waals surface area contributed by atoms with Crippen LogP contribution in [0.5, 0.6) is 0 Å². The third kappa shape index (κ3) is 5.03. The van der Waals surface area contributed by atoms with Crippen LogP contribution < -0.4 is 16.0 Å². The quantitative estimate of drug-likeness (QED) is 0.793. The molecule has 3 N–H and O–H groups in total. The molecule has 2 aromatic rings. The molecule has 1 aliphatic heterocycles. The van der Waals surface area contributed by atoms with E-state index in [0.717, 1.165) is 35.9 Å². The van der Waals surface area contributed by atoms with Gasteiger partial charge in [0, 0.05) is 24.4 Å². The Kier molecular flexibility index (Phi) is 6.05. The molecule has 0 aromatic carbocycles. The number of primary amides is 1. The Balaban J connectivity index is 1.56. The monoisotopic (exact) mass is 387 g/mol. The Morgan fingerprint density at radius 2 is 2.22 bits per heavy atom. The van der Waals surface area contributed by atoms with Crippen molar-refractivity contribution in [3.05, 3.63) is 34.4 Å². The number of thiazole rings is 1. The van der Waals surface area contributed by atoms with Crippen molar-refractivity contribution in [3.63, 3.8) is 0 Å². The highest BCUT2D eigenvalue weighted by Crippen LogP contribution is 2.23. The molecular weight excluding hydrogens is 362 g/mol. The number of pyridine rings is 1. The number of piperidine rings is 1. The van der Waals surface area contributed by atoms with Crippen molar-refractivity contribution < 1.29 is 9.59 Å². The Morgan fingerprint density at radius 3 is 2.85 bits per heavy atom. The fourth-order valence-corrected chi connectivity index (χ4v) is 3.94. The zero-order valence-corrected chi connectivity index (χ0v) is 16.5. The molecule has 8 heteroatoms. The molecule has 27 heavy (non-hydrogen) atoms. The van der Waals surface area contributed by atoms with Gasteiger partial charge in [0.1, 0.15) is 5.82 Å². The van der Waals surface area contributed by atoms with E-state index in [1.807, 2.05) is 17.5 Å². The first-order valence-corrected chi connectivity index (χ1v) is 10.0. The molecule has 0 aliphatic carbocycles. The largest absolute Gasteiger partial charge is 0.369 e. The maximum Gasteiger partial charge on any atom is 0.230 e. The number of aromatic nitrogens is 2. The van der Waals surface area contributed by atoms with Gasteiger partial charge in [0.2, 0.25) is 11.8 Å². The van der Waals surface area contributed by atoms with E-state index in [-0.39, 0.29) is 24.2 Å². The van der Waals surface area contributed by atoms with Gasteiger partial charge in [-0.2, -0.15) is 0 Å². The number of nitrogens with two attached hydrogens (primary N) is 1. The van der Waals surface area contributed by atoms with Crippen molar-refractivity contribution >= 4 is 34.7 Å². The van der Waals surface area contributed by atoms with Gasteiger partial charge in [-0.3, -0.25) is 9.59 Å². The van der Waals surface area contributed by atoms with Crippen LogP contribution in [0.1, 0.15) is 43.3 Å². The fourth-order valence-electron chi connectivity index (χ4n) is 3.10. The predicted octanol–water partition coefficient (Wildman–Crippen LogP) is 2.54. The minimum atomic E-state index is -0.258. The summed E-state index contributed by atoms with van der Waals surface area (Å²) in [6.07, 6.45) is 3.63. The van der Waals surface area contributed by atoms with Crippen molar-refractivity contribution in [1.82, 2.24) is 9.97 Å². The van der Waals surface area contributed by atoms with Crippen LogP contribution in [0.15, 0.2) is 23.7 Å². The molecule has 0 saturated carbocycles. The highest BCUT2D eigenvalue weighted by molar-refractivity contribution is 7.09. The summed E-state index contributed by atoms with van der Waals surface area (Å²) in [4.78, 5) is 34.6. The second-order valence-corrected chi connectivity index (χ2v) is 8.04. The first-order valence-electron chi connectivity index (χ1n) is 9.17. The van der Waals surface area contributed by atoms with E-state index in [9.17, 15) is 9.59 Å². The maximum absolute atomic E-state index is 12.2. The van der Waals surface area contributed by atoms with Crippen molar-refractivity contribution in [1.29, 1.82) is 0 Å². The average Bonchev–Trinajstić information content (AvgIpc) is 3.11. The van der Waals surface area contributed by atoms with Crippen LogP contribution in [0.4, 0.5) is 11.5 Å². The molecule has 2 amide bonds. The molecule has 1 atom stereocenters. The zero-order valence-electron chi connectivity index (χ0n) is 15.6. The summed E-state index contributed by atoms with van der Waals surface area (Å²) in [5.41, 5.74) is 6.86. The van der Waals surface area contributed by atoms with E-state index in [2.05, 4.69) is 34.0 Å². The van der Waals surface area contributed by atoms with Gasteiger partial charge in [0.15, 0.2) is 0 Å². The molecule has 0 bridgehead atoms. The first kappa shape index (κ1) is 19.3.